The van der Waals surface area contributed by atoms with Crippen LogP contribution in [0.2, 0.25) is 0 Å². The van der Waals surface area contributed by atoms with Gasteiger partial charge in [-0.05, 0) is 33.6 Å². The van der Waals surface area contributed by atoms with Crippen molar-refractivity contribution in [3.63, 3.8) is 0 Å². The Morgan fingerprint density at radius 2 is 2.11 bits per heavy atom. The monoisotopic (exact) mass is 265 g/mol. The van der Waals surface area contributed by atoms with Gasteiger partial charge in [-0.2, -0.15) is 4.98 Å². The van der Waals surface area contributed by atoms with Crippen molar-refractivity contribution >= 4 is 17.5 Å². The van der Waals surface area contributed by atoms with Crippen LogP contribution in [0.3, 0.4) is 0 Å². The average Bonchev–Trinajstić information content (AvgIpc) is 3.14. The highest BCUT2D eigenvalue weighted by molar-refractivity contribution is 5.63. The summed E-state index contributed by atoms with van der Waals surface area (Å²) in [7, 11) is 0. The van der Waals surface area contributed by atoms with Crippen LogP contribution in [0.1, 0.15) is 32.4 Å². The van der Waals surface area contributed by atoms with Crippen LogP contribution in [0.5, 0.6) is 0 Å². The number of anilines is 2. The number of rotatable bonds is 6. The molecule has 104 valence electrons. The van der Waals surface area contributed by atoms with E-state index < -0.39 is 0 Å². The molecule has 1 aliphatic carbocycles. The number of aromatic nitrogens is 2. The topological polar surface area (TPSA) is 84.2 Å². The zero-order valence-electron chi connectivity index (χ0n) is 11.5. The van der Waals surface area contributed by atoms with Crippen molar-refractivity contribution in [3.05, 3.63) is 15.8 Å². The van der Waals surface area contributed by atoms with Crippen LogP contribution in [0.15, 0.2) is 0 Å². The van der Waals surface area contributed by atoms with E-state index >= 15 is 0 Å². The number of hydrogen-bond acceptors (Lipinski definition) is 6. The van der Waals surface area contributed by atoms with Crippen LogP contribution in [0, 0.1) is 17.0 Å². The molecule has 0 unspecified atom stereocenters. The molecule has 0 aliphatic heterocycles. The molecule has 7 nitrogen and oxygen atoms in total. The highest BCUT2D eigenvalue weighted by Crippen LogP contribution is 2.37. The van der Waals surface area contributed by atoms with E-state index in [-0.39, 0.29) is 10.6 Å². The van der Waals surface area contributed by atoms with Crippen LogP contribution >= 0.6 is 0 Å². The van der Waals surface area contributed by atoms with E-state index in [4.69, 9.17) is 0 Å². The lowest BCUT2D eigenvalue weighted by Gasteiger charge is -2.22. The fraction of sp³-hybridized carbons (Fsp3) is 0.667. The van der Waals surface area contributed by atoms with Crippen LogP contribution < -0.4 is 10.2 Å². The standard InChI is InChI=1S/C12H19N5O2/c1-4-13-12-14-8(3)10(17(18)19)11(15-12)16(5-2)9-6-7-9/h9H,4-7H2,1-3H3,(H,13,14,15). The van der Waals surface area contributed by atoms with E-state index in [2.05, 4.69) is 15.3 Å². The van der Waals surface area contributed by atoms with E-state index in [1.807, 2.05) is 18.7 Å². The fourth-order valence-electron chi connectivity index (χ4n) is 2.17. The molecular weight excluding hydrogens is 246 g/mol. The second kappa shape index (κ2) is 5.38. The summed E-state index contributed by atoms with van der Waals surface area (Å²) in [5.74, 6) is 0.901. The Balaban J connectivity index is 2.49. The van der Waals surface area contributed by atoms with Crippen molar-refractivity contribution in [3.8, 4) is 0 Å². The minimum atomic E-state index is -0.383. The van der Waals surface area contributed by atoms with Crippen LogP contribution in [-0.2, 0) is 0 Å². The number of hydrogen-bond donors (Lipinski definition) is 1. The van der Waals surface area contributed by atoms with Gasteiger partial charge in [-0.3, -0.25) is 10.1 Å². The molecule has 1 aliphatic rings. The lowest BCUT2D eigenvalue weighted by atomic mass is 10.3. The first-order valence-electron chi connectivity index (χ1n) is 6.62. The Morgan fingerprint density at radius 1 is 1.42 bits per heavy atom. The maximum absolute atomic E-state index is 11.3. The lowest BCUT2D eigenvalue weighted by molar-refractivity contribution is -0.385. The molecule has 1 aromatic heterocycles. The van der Waals surface area contributed by atoms with Crippen LogP contribution in [-0.4, -0.2) is 34.0 Å². The second-order valence-electron chi connectivity index (χ2n) is 4.61. The Labute approximate surface area is 112 Å². The summed E-state index contributed by atoms with van der Waals surface area (Å²) in [5.41, 5.74) is 0.431. The van der Waals surface area contributed by atoms with Gasteiger partial charge in [-0.15, -0.1) is 0 Å². The van der Waals surface area contributed by atoms with Crippen molar-refractivity contribution in [2.24, 2.45) is 0 Å². The van der Waals surface area contributed by atoms with Gasteiger partial charge in [0, 0.05) is 19.1 Å². The van der Waals surface area contributed by atoms with Gasteiger partial charge in [0.15, 0.2) is 0 Å². The predicted molar refractivity (Wildman–Crippen MR) is 73.6 cm³/mol. The molecule has 1 heterocycles. The van der Waals surface area contributed by atoms with Crippen molar-refractivity contribution < 1.29 is 4.92 Å². The van der Waals surface area contributed by atoms with E-state index in [0.717, 1.165) is 12.8 Å². The molecule has 1 saturated carbocycles. The summed E-state index contributed by atoms with van der Waals surface area (Å²) in [6.07, 6.45) is 2.15. The molecule has 0 radical (unpaired) electrons. The second-order valence-corrected chi connectivity index (χ2v) is 4.61. The molecule has 0 spiro atoms. The van der Waals surface area contributed by atoms with Gasteiger partial charge in [0.25, 0.3) is 0 Å². The van der Waals surface area contributed by atoms with Crippen LogP contribution in [0.25, 0.3) is 0 Å². The van der Waals surface area contributed by atoms with Gasteiger partial charge in [0.1, 0.15) is 5.69 Å². The normalized spacial score (nSPS) is 14.3. The molecule has 1 aromatic rings. The summed E-state index contributed by atoms with van der Waals surface area (Å²) in [6, 6.07) is 0.382. The summed E-state index contributed by atoms with van der Waals surface area (Å²) >= 11 is 0. The quantitative estimate of drug-likeness (QED) is 0.626. The average molecular weight is 265 g/mol. The Morgan fingerprint density at radius 3 is 2.58 bits per heavy atom. The van der Waals surface area contributed by atoms with Gasteiger partial charge in [0.2, 0.25) is 11.8 Å². The van der Waals surface area contributed by atoms with E-state index in [0.29, 0.717) is 36.6 Å². The van der Waals surface area contributed by atoms with Gasteiger partial charge in [-0.25, -0.2) is 4.98 Å². The third-order valence-electron chi connectivity index (χ3n) is 3.16. The first kappa shape index (κ1) is 13.5. The van der Waals surface area contributed by atoms with E-state index in [1.54, 1.807) is 6.92 Å². The number of nitrogens with zero attached hydrogens (tertiary/aromatic N) is 4. The molecule has 7 heteroatoms. The van der Waals surface area contributed by atoms with Gasteiger partial charge in [-0.1, -0.05) is 0 Å². The highest BCUT2D eigenvalue weighted by Gasteiger charge is 2.34. The summed E-state index contributed by atoms with van der Waals surface area (Å²) < 4.78 is 0. The molecule has 1 fully saturated rings. The Hall–Kier alpha value is -1.92. The summed E-state index contributed by atoms with van der Waals surface area (Å²) in [5, 5.41) is 14.3. The third kappa shape index (κ3) is 2.74. The Bertz CT molecular complexity index is 487. The smallest absolute Gasteiger partial charge is 0.332 e. The van der Waals surface area contributed by atoms with Gasteiger partial charge in [0.05, 0.1) is 4.92 Å². The maximum Gasteiger partial charge on any atom is 0.332 e. The van der Waals surface area contributed by atoms with Crippen molar-refractivity contribution in [1.29, 1.82) is 0 Å². The SMILES string of the molecule is CCNc1nc(C)c([N+](=O)[O-])c(N(CC)C2CC2)n1. The van der Waals surface area contributed by atoms with E-state index in [1.165, 1.54) is 0 Å². The molecular formula is C12H19N5O2. The first-order valence-corrected chi connectivity index (χ1v) is 6.62. The molecule has 0 bridgehead atoms. The van der Waals surface area contributed by atoms with Crippen molar-refractivity contribution in [2.45, 2.75) is 39.7 Å². The molecule has 0 amide bonds. The van der Waals surface area contributed by atoms with Crippen molar-refractivity contribution in [2.75, 3.05) is 23.3 Å². The molecule has 2 rings (SSSR count). The molecule has 1 N–H and O–H groups in total. The number of nitro groups is 1. The minimum absolute atomic E-state index is 0.0235. The largest absolute Gasteiger partial charge is 0.354 e. The molecule has 0 atom stereocenters. The number of aryl methyl sites for hydroxylation is 1. The zero-order valence-corrected chi connectivity index (χ0v) is 11.5. The van der Waals surface area contributed by atoms with Gasteiger partial charge < -0.3 is 10.2 Å². The first-order chi connectivity index (χ1) is 9.08. The predicted octanol–water partition coefficient (Wildman–Crippen LogP) is 2.11. The summed E-state index contributed by atoms with van der Waals surface area (Å²) in [6.45, 7) is 7.00. The zero-order chi connectivity index (χ0) is 14.0. The van der Waals surface area contributed by atoms with Gasteiger partial charge >= 0.3 is 5.69 Å². The molecule has 0 aromatic carbocycles. The molecule has 19 heavy (non-hydrogen) atoms. The highest BCUT2D eigenvalue weighted by atomic mass is 16.6. The third-order valence-corrected chi connectivity index (χ3v) is 3.16. The van der Waals surface area contributed by atoms with Crippen molar-refractivity contribution in [1.82, 2.24) is 9.97 Å². The summed E-state index contributed by atoms with van der Waals surface area (Å²) in [4.78, 5) is 21.4. The van der Waals surface area contributed by atoms with E-state index in [9.17, 15) is 10.1 Å². The Kier molecular flexibility index (Phi) is 3.82. The van der Waals surface area contributed by atoms with Crippen LogP contribution in [0.4, 0.5) is 17.5 Å². The lowest BCUT2D eigenvalue weighted by Crippen LogP contribution is -2.28. The minimum Gasteiger partial charge on any atom is -0.354 e. The molecule has 0 saturated heterocycles. The maximum atomic E-state index is 11.3. The fourth-order valence-corrected chi connectivity index (χ4v) is 2.17. The number of nitrogens with one attached hydrogen (secondary N) is 1.